The van der Waals surface area contributed by atoms with Crippen molar-refractivity contribution in [3.63, 3.8) is 0 Å². The zero-order valence-corrected chi connectivity index (χ0v) is 12.2. The molecule has 1 N–H and O–H groups in total. The summed E-state index contributed by atoms with van der Waals surface area (Å²) in [6.07, 6.45) is 1.95. The fourth-order valence-corrected chi connectivity index (χ4v) is 2.16. The summed E-state index contributed by atoms with van der Waals surface area (Å²) in [4.78, 5) is 6.91. The molecular weight excluding hydrogens is 257 g/mol. The summed E-state index contributed by atoms with van der Waals surface area (Å²) in [5.74, 6) is 1.15. The normalized spacial score (nSPS) is 19.2. The Morgan fingerprint density at radius 3 is 2.65 bits per heavy atom. The SMILES string of the molecule is Cc1cnc(N2CCN[C@H](C)C2)c(C)c1.Cl.Cl. The quantitative estimate of drug-likeness (QED) is 0.854. The van der Waals surface area contributed by atoms with Crippen molar-refractivity contribution in [3.05, 3.63) is 23.4 Å². The molecule has 0 unspecified atom stereocenters. The van der Waals surface area contributed by atoms with Crippen molar-refractivity contribution in [2.24, 2.45) is 0 Å². The van der Waals surface area contributed by atoms with Gasteiger partial charge in [0, 0.05) is 31.9 Å². The van der Waals surface area contributed by atoms with Crippen LogP contribution in [0, 0.1) is 13.8 Å². The van der Waals surface area contributed by atoms with Crippen molar-refractivity contribution in [1.82, 2.24) is 10.3 Å². The van der Waals surface area contributed by atoms with Gasteiger partial charge in [-0.3, -0.25) is 0 Å². The van der Waals surface area contributed by atoms with E-state index in [0.717, 1.165) is 25.5 Å². The van der Waals surface area contributed by atoms with Gasteiger partial charge in [0.2, 0.25) is 0 Å². The number of nitrogens with zero attached hydrogens (tertiary/aromatic N) is 2. The van der Waals surface area contributed by atoms with E-state index in [1.807, 2.05) is 6.20 Å². The van der Waals surface area contributed by atoms with Gasteiger partial charge < -0.3 is 10.2 Å². The molecule has 0 bridgehead atoms. The monoisotopic (exact) mass is 277 g/mol. The first-order valence-electron chi connectivity index (χ1n) is 5.58. The van der Waals surface area contributed by atoms with Gasteiger partial charge in [-0.2, -0.15) is 0 Å². The van der Waals surface area contributed by atoms with Crippen LogP contribution in [0.25, 0.3) is 0 Å². The van der Waals surface area contributed by atoms with Crippen molar-refractivity contribution >= 4 is 30.6 Å². The summed E-state index contributed by atoms with van der Waals surface area (Å²) in [6, 6.07) is 2.76. The standard InChI is InChI=1S/C12H19N3.2ClH/c1-9-6-10(2)12(14-7-9)15-5-4-13-11(3)8-15;;/h6-7,11,13H,4-5,8H2,1-3H3;2*1H/t11-;;/m1../s1. The molecule has 1 aromatic rings. The fraction of sp³-hybridized carbons (Fsp3) is 0.583. The number of hydrogen-bond acceptors (Lipinski definition) is 3. The number of rotatable bonds is 1. The second-order valence-corrected chi connectivity index (χ2v) is 4.45. The molecule has 1 atom stereocenters. The Morgan fingerprint density at radius 2 is 2.06 bits per heavy atom. The van der Waals surface area contributed by atoms with E-state index in [9.17, 15) is 0 Å². The molecule has 1 aliphatic rings. The Bertz CT molecular complexity index is 358. The molecule has 3 nitrogen and oxygen atoms in total. The number of hydrogen-bond donors (Lipinski definition) is 1. The maximum atomic E-state index is 4.53. The smallest absolute Gasteiger partial charge is 0.131 e. The lowest BCUT2D eigenvalue weighted by Crippen LogP contribution is -2.49. The molecule has 0 amide bonds. The molecule has 2 heterocycles. The highest BCUT2D eigenvalue weighted by atomic mass is 35.5. The lowest BCUT2D eigenvalue weighted by Gasteiger charge is -2.33. The van der Waals surface area contributed by atoms with Crippen LogP contribution in [0.3, 0.4) is 0 Å². The van der Waals surface area contributed by atoms with E-state index in [1.54, 1.807) is 0 Å². The Hall–Kier alpha value is -0.510. The van der Waals surface area contributed by atoms with Gasteiger partial charge in [0.05, 0.1) is 0 Å². The molecule has 17 heavy (non-hydrogen) atoms. The van der Waals surface area contributed by atoms with Crippen LogP contribution in [-0.4, -0.2) is 30.7 Å². The van der Waals surface area contributed by atoms with Crippen LogP contribution in [0.1, 0.15) is 18.1 Å². The first-order chi connectivity index (χ1) is 7.16. The Morgan fingerprint density at radius 1 is 1.35 bits per heavy atom. The maximum Gasteiger partial charge on any atom is 0.131 e. The van der Waals surface area contributed by atoms with Gasteiger partial charge in [0.25, 0.3) is 0 Å². The van der Waals surface area contributed by atoms with E-state index in [4.69, 9.17) is 0 Å². The molecule has 1 aromatic heterocycles. The molecule has 0 radical (unpaired) electrons. The van der Waals surface area contributed by atoms with Crippen LogP contribution in [0.2, 0.25) is 0 Å². The van der Waals surface area contributed by atoms with Crippen LogP contribution in [-0.2, 0) is 0 Å². The second kappa shape index (κ2) is 7.04. The summed E-state index contributed by atoms with van der Waals surface area (Å²) >= 11 is 0. The summed E-state index contributed by atoms with van der Waals surface area (Å²) < 4.78 is 0. The predicted molar refractivity (Wildman–Crippen MR) is 77.9 cm³/mol. The largest absolute Gasteiger partial charge is 0.354 e. The average molecular weight is 278 g/mol. The van der Waals surface area contributed by atoms with E-state index in [1.165, 1.54) is 11.1 Å². The van der Waals surface area contributed by atoms with Gasteiger partial charge in [0.15, 0.2) is 0 Å². The van der Waals surface area contributed by atoms with Crippen LogP contribution in [0.5, 0.6) is 0 Å². The molecule has 5 heteroatoms. The molecule has 0 saturated carbocycles. The molecule has 98 valence electrons. The van der Waals surface area contributed by atoms with Gasteiger partial charge in [-0.05, 0) is 31.9 Å². The van der Waals surface area contributed by atoms with E-state index in [0.29, 0.717) is 6.04 Å². The highest BCUT2D eigenvalue weighted by molar-refractivity contribution is 5.85. The van der Waals surface area contributed by atoms with Crippen LogP contribution in [0.4, 0.5) is 5.82 Å². The number of piperazine rings is 1. The van der Waals surface area contributed by atoms with Gasteiger partial charge in [0.1, 0.15) is 5.82 Å². The zero-order valence-electron chi connectivity index (χ0n) is 10.6. The third-order valence-corrected chi connectivity index (χ3v) is 2.86. The van der Waals surface area contributed by atoms with Crippen molar-refractivity contribution in [3.8, 4) is 0 Å². The van der Waals surface area contributed by atoms with Gasteiger partial charge in [-0.1, -0.05) is 6.07 Å². The molecule has 1 fully saturated rings. The molecule has 0 aromatic carbocycles. The molecule has 0 spiro atoms. The van der Waals surface area contributed by atoms with E-state index >= 15 is 0 Å². The number of pyridine rings is 1. The van der Waals surface area contributed by atoms with E-state index < -0.39 is 0 Å². The van der Waals surface area contributed by atoms with Gasteiger partial charge >= 0.3 is 0 Å². The Balaban J connectivity index is 0.00000128. The maximum absolute atomic E-state index is 4.53. The molecular formula is C12H21Cl2N3. The van der Waals surface area contributed by atoms with Crippen molar-refractivity contribution in [2.75, 3.05) is 24.5 Å². The number of aromatic nitrogens is 1. The summed E-state index contributed by atoms with van der Waals surface area (Å²) in [6.45, 7) is 9.61. The number of halogens is 2. The van der Waals surface area contributed by atoms with Gasteiger partial charge in [-0.15, -0.1) is 24.8 Å². The third-order valence-electron chi connectivity index (χ3n) is 2.86. The summed E-state index contributed by atoms with van der Waals surface area (Å²) in [7, 11) is 0. The molecule has 0 aliphatic carbocycles. The highest BCUT2D eigenvalue weighted by Gasteiger charge is 2.17. The summed E-state index contributed by atoms with van der Waals surface area (Å²) in [5, 5.41) is 3.44. The fourth-order valence-electron chi connectivity index (χ4n) is 2.16. The lowest BCUT2D eigenvalue weighted by atomic mass is 10.2. The highest BCUT2D eigenvalue weighted by Crippen LogP contribution is 2.18. The minimum atomic E-state index is 0. The summed E-state index contributed by atoms with van der Waals surface area (Å²) in [5.41, 5.74) is 2.52. The second-order valence-electron chi connectivity index (χ2n) is 4.45. The van der Waals surface area contributed by atoms with E-state index in [-0.39, 0.29) is 24.8 Å². The van der Waals surface area contributed by atoms with Crippen LogP contribution in [0.15, 0.2) is 12.3 Å². The molecule has 1 saturated heterocycles. The predicted octanol–water partition coefficient (Wildman–Crippen LogP) is 2.34. The number of aryl methyl sites for hydroxylation is 2. The minimum Gasteiger partial charge on any atom is -0.354 e. The lowest BCUT2D eigenvalue weighted by molar-refractivity contribution is 0.482. The number of anilines is 1. The van der Waals surface area contributed by atoms with Crippen molar-refractivity contribution in [1.29, 1.82) is 0 Å². The average Bonchev–Trinajstić information content (AvgIpc) is 2.17. The Labute approximate surface area is 116 Å². The molecule has 2 rings (SSSR count). The topological polar surface area (TPSA) is 28.2 Å². The van der Waals surface area contributed by atoms with Gasteiger partial charge in [-0.25, -0.2) is 4.98 Å². The number of nitrogens with one attached hydrogen (secondary N) is 1. The van der Waals surface area contributed by atoms with Crippen molar-refractivity contribution < 1.29 is 0 Å². The van der Waals surface area contributed by atoms with Crippen LogP contribution < -0.4 is 10.2 Å². The first kappa shape index (κ1) is 16.5. The van der Waals surface area contributed by atoms with Crippen molar-refractivity contribution in [2.45, 2.75) is 26.8 Å². The Kier molecular flexibility index (Phi) is 6.83. The minimum absolute atomic E-state index is 0. The third kappa shape index (κ3) is 4.02. The molecule has 1 aliphatic heterocycles. The van der Waals surface area contributed by atoms with Crippen LogP contribution >= 0.6 is 24.8 Å². The zero-order chi connectivity index (χ0) is 10.8. The van der Waals surface area contributed by atoms with E-state index in [2.05, 4.69) is 42.0 Å². The first-order valence-corrected chi connectivity index (χ1v) is 5.58.